The van der Waals surface area contributed by atoms with Gasteiger partial charge in [-0.3, -0.25) is 9.69 Å². The second-order valence-electron chi connectivity index (χ2n) is 14.2. The number of aromatic nitrogens is 1. The van der Waals surface area contributed by atoms with Crippen LogP contribution in [0.1, 0.15) is 106 Å². The molecule has 6 heteroatoms. The Labute approximate surface area is 247 Å². The molecule has 6 rings (SSSR count). The van der Waals surface area contributed by atoms with Crippen molar-refractivity contribution in [1.82, 2.24) is 14.8 Å². The molecule has 3 heterocycles. The van der Waals surface area contributed by atoms with Crippen molar-refractivity contribution in [3.05, 3.63) is 40.6 Å². The maximum absolute atomic E-state index is 13.6. The molecule has 1 amide bonds. The molecule has 2 aliphatic heterocycles. The maximum Gasteiger partial charge on any atom is 0.253 e. The van der Waals surface area contributed by atoms with Crippen molar-refractivity contribution >= 4 is 5.91 Å². The van der Waals surface area contributed by atoms with Crippen LogP contribution in [-0.2, 0) is 22.1 Å². The molecule has 2 saturated carbocycles. The van der Waals surface area contributed by atoms with Crippen LogP contribution < -0.4 is 10.1 Å². The molecule has 1 saturated heterocycles. The number of hydrogen-bond acceptors (Lipinski definition) is 4. The van der Waals surface area contributed by atoms with E-state index in [2.05, 4.69) is 60.7 Å². The summed E-state index contributed by atoms with van der Waals surface area (Å²) in [5.41, 5.74) is 7.32. The molecule has 4 aliphatic rings. The fraction of sp³-hybridized carbons (Fsp3) is 0.686. The largest absolute Gasteiger partial charge is 0.493 e. The maximum atomic E-state index is 13.6. The molecule has 41 heavy (non-hydrogen) atoms. The normalized spacial score (nSPS) is 21.3. The lowest BCUT2D eigenvalue weighted by Crippen LogP contribution is -2.41. The first-order chi connectivity index (χ1) is 19.7. The van der Waals surface area contributed by atoms with E-state index in [0.29, 0.717) is 12.5 Å². The number of rotatable bonds is 7. The molecule has 6 nitrogen and oxygen atoms in total. The Bertz CT molecular complexity index is 1220. The summed E-state index contributed by atoms with van der Waals surface area (Å²) in [6, 6.07) is 6.99. The Morgan fingerprint density at radius 2 is 1.73 bits per heavy atom. The van der Waals surface area contributed by atoms with Crippen molar-refractivity contribution in [3.8, 4) is 17.0 Å². The van der Waals surface area contributed by atoms with Gasteiger partial charge in [-0.15, -0.1) is 0 Å². The van der Waals surface area contributed by atoms with Gasteiger partial charge in [-0.05, 0) is 74.1 Å². The number of carbonyl (C=O) groups excluding carboxylic acids is 1. The lowest BCUT2D eigenvalue weighted by molar-refractivity contribution is 0.0383. The molecule has 0 unspecified atom stereocenters. The molecule has 1 aromatic carbocycles. The number of fused-ring (bicyclic) bond motifs is 2. The number of benzene rings is 1. The van der Waals surface area contributed by atoms with E-state index in [9.17, 15) is 4.79 Å². The van der Waals surface area contributed by atoms with Gasteiger partial charge in [0.25, 0.3) is 5.91 Å². The minimum atomic E-state index is -0.0268. The Kier molecular flexibility index (Phi) is 8.26. The van der Waals surface area contributed by atoms with Gasteiger partial charge in [0.15, 0.2) is 0 Å². The first kappa shape index (κ1) is 28.8. The Morgan fingerprint density at radius 3 is 2.41 bits per heavy atom. The monoisotopic (exact) mass is 561 g/mol. The van der Waals surface area contributed by atoms with Gasteiger partial charge >= 0.3 is 0 Å². The van der Waals surface area contributed by atoms with Crippen LogP contribution in [0.4, 0.5) is 0 Å². The van der Waals surface area contributed by atoms with Crippen LogP contribution in [-0.4, -0.2) is 61.4 Å². The summed E-state index contributed by atoms with van der Waals surface area (Å²) in [6.07, 6.45) is 11.6. The number of nitrogens with one attached hydrogen (secondary N) is 1. The zero-order valence-corrected chi connectivity index (χ0v) is 25.9. The van der Waals surface area contributed by atoms with Crippen molar-refractivity contribution in [2.24, 2.45) is 5.92 Å². The zero-order valence-electron chi connectivity index (χ0n) is 25.9. The summed E-state index contributed by atoms with van der Waals surface area (Å²) >= 11 is 0. The lowest BCUT2D eigenvalue weighted by Gasteiger charge is -2.33. The third-order valence-electron chi connectivity index (χ3n) is 10.3. The smallest absolute Gasteiger partial charge is 0.253 e. The first-order valence-corrected chi connectivity index (χ1v) is 16.4. The van der Waals surface area contributed by atoms with E-state index in [0.717, 1.165) is 69.4 Å². The average Bonchev–Trinajstić information content (AvgIpc) is 3.71. The molecule has 0 radical (unpaired) electrons. The van der Waals surface area contributed by atoms with Gasteiger partial charge in [-0.25, -0.2) is 0 Å². The fourth-order valence-corrected chi connectivity index (χ4v) is 7.44. The second-order valence-corrected chi connectivity index (χ2v) is 14.2. The number of nitrogens with zero attached hydrogens (tertiary/aromatic N) is 2. The summed E-state index contributed by atoms with van der Waals surface area (Å²) in [5, 5.41) is 3.25. The van der Waals surface area contributed by atoms with Crippen molar-refractivity contribution in [1.29, 1.82) is 0 Å². The van der Waals surface area contributed by atoms with Gasteiger partial charge in [0.1, 0.15) is 5.75 Å². The number of amides is 1. The van der Waals surface area contributed by atoms with Crippen LogP contribution in [0.3, 0.4) is 0 Å². The summed E-state index contributed by atoms with van der Waals surface area (Å²) in [5.74, 6) is 1.84. The van der Waals surface area contributed by atoms with E-state index in [1.807, 2.05) is 0 Å². The topological polar surface area (TPSA) is 55.7 Å². The van der Waals surface area contributed by atoms with Gasteiger partial charge < -0.3 is 19.4 Å². The van der Waals surface area contributed by atoms with Crippen LogP contribution in [0.2, 0.25) is 0 Å². The summed E-state index contributed by atoms with van der Waals surface area (Å²) in [7, 11) is 0. The Balaban J connectivity index is 1.36. The fourth-order valence-electron chi connectivity index (χ4n) is 7.44. The predicted molar refractivity (Wildman–Crippen MR) is 165 cm³/mol. The van der Waals surface area contributed by atoms with Crippen molar-refractivity contribution in [3.63, 3.8) is 0 Å². The molecule has 3 fully saturated rings. The first-order valence-electron chi connectivity index (χ1n) is 16.4. The van der Waals surface area contributed by atoms with Gasteiger partial charge in [0, 0.05) is 60.7 Å². The molecular formula is C35H51N3O3. The highest BCUT2D eigenvalue weighted by Crippen LogP contribution is 2.58. The highest BCUT2D eigenvalue weighted by molar-refractivity contribution is 5.97. The van der Waals surface area contributed by atoms with Gasteiger partial charge in [-0.2, -0.15) is 0 Å². The molecule has 1 aromatic heterocycles. The Morgan fingerprint density at radius 1 is 1.00 bits per heavy atom. The van der Waals surface area contributed by atoms with E-state index in [-0.39, 0.29) is 16.7 Å². The molecule has 0 atom stereocenters. The number of ether oxygens (including phenoxy) is 2. The van der Waals surface area contributed by atoms with Crippen molar-refractivity contribution in [2.45, 2.75) is 103 Å². The number of morpholine rings is 1. The van der Waals surface area contributed by atoms with Crippen LogP contribution in [0.15, 0.2) is 18.2 Å². The van der Waals surface area contributed by atoms with Crippen molar-refractivity contribution in [2.75, 3.05) is 46.0 Å². The third-order valence-corrected chi connectivity index (χ3v) is 10.3. The van der Waals surface area contributed by atoms with Crippen LogP contribution in [0.25, 0.3) is 11.3 Å². The Hall–Kier alpha value is -2.31. The van der Waals surface area contributed by atoms with E-state index in [1.54, 1.807) is 0 Å². The lowest BCUT2D eigenvalue weighted by atomic mass is 9.79. The molecule has 0 bridgehead atoms. The number of hydrogen-bond donors (Lipinski definition) is 1. The summed E-state index contributed by atoms with van der Waals surface area (Å²) < 4.78 is 14.4. The van der Waals surface area contributed by atoms with Crippen LogP contribution in [0, 0.1) is 12.8 Å². The van der Waals surface area contributed by atoms with Crippen LogP contribution in [0.5, 0.6) is 5.75 Å². The molecule has 2 aliphatic carbocycles. The SMILES string of the molecule is Cc1c(C(=O)NCCN2CCOCC2)cc(-c2cc(C(C)(C)C)c3c(c2)C2(CCO3)CC2)n1CC1CCCCCC1. The highest BCUT2D eigenvalue weighted by Gasteiger charge is 2.49. The highest BCUT2D eigenvalue weighted by atomic mass is 16.5. The van der Waals surface area contributed by atoms with E-state index < -0.39 is 0 Å². The summed E-state index contributed by atoms with van der Waals surface area (Å²) in [4.78, 5) is 16.0. The van der Waals surface area contributed by atoms with E-state index in [4.69, 9.17) is 9.47 Å². The molecule has 1 N–H and O–H groups in total. The quantitative estimate of drug-likeness (QED) is 0.387. The van der Waals surface area contributed by atoms with Gasteiger partial charge in [0.05, 0.1) is 25.4 Å². The van der Waals surface area contributed by atoms with Crippen LogP contribution >= 0.6 is 0 Å². The molecule has 2 aromatic rings. The average molecular weight is 562 g/mol. The van der Waals surface area contributed by atoms with Crippen molar-refractivity contribution < 1.29 is 14.3 Å². The van der Waals surface area contributed by atoms with Gasteiger partial charge in [-0.1, -0.05) is 46.5 Å². The minimum Gasteiger partial charge on any atom is -0.493 e. The van der Waals surface area contributed by atoms with E-state index >= 15 is 0 Å². The molecule has 224 valence electrons. The zero-order chi connectivity index (χ0) is 28.6. The third kappa shape index (κ3) is 6.10. The van der Waals surface area contributed by atoms with Gasteiger partial charge in [0.2, 0.25) is 0 Å². The predicted octanol–water partition coefficient (Wildman–Crippen LogP) is 6.61. The standard InChI is InChI=1S/C35H51N3O3/c1-25-28(33(39)36-14-15-37-16-19-40-20-17-37)23-31(38(25)24-26-9-7-5-6-8-10-26)27-21-29(34(2,3)4)32-30(22-27)35(11-12-35)13-18-41-32/h21-23,26H,5-20,24H2,1-4H3,(H,36,39). The van der Waals surface area contributed by atoms with E-state index in [1.165, 1.54) is 73.8 Å². The minimum absolute atomic E-state index is 0.0268. The second kappa shape index (κ2) is 11.8. The molecular weight excluding hydrogens is 510 g/mol. The summed E-state index contributed by atoms with van der Waals surface area (Å²) in [6.45, 7) is 15.8. The number of carbonyl (C=O) groups is 1. The molecule has 1 spiro atoms.